The van der Waals surface area contributed by atoms with E-state index in [4.69, 9.17) is 0 Å². The first-order chi connectivity index (χ1) is 11.7. The van der Waals surface area contributed by atoms with Gasteiger partial charge in [0.05, 0.1) is 11.0 Å². The highest BCUT2D eigenvalue weighted by molar-refractivity contribution is 5.82. The SMILES string of the molecule is C[C@H](c1cccc(-c2ccc3nc(CO)[nH]c3c2)c1)N1CCCC1. The van der Waals surface area contributed by atoms with E-state index in [2.05, 4.69) is 58.2 Å². The van der Waals surface area contributed by atoms with Crippen LogP contribution in [0.15, 0.2) is 42.5 Å². The van der Waals surface area contributed by atoms with Crippen LogP contribution in [0.3, 0.4) is 0 Å². The second-order valence-corrected chi connectivity index (χ2v) is 6.62. The number of fused-ring (bicyclic) bond motifs is 1. The predicted molar refractivity (Wildman–Crippen MR) is 96.7 cm³/mol. The van der Waals surface area contributed by atoms with Gasteiger partial charge in [0.25, 0.3) is 0 Å². The van der Waals surface area contributed by atoms with E-state index >= 15 is 0 Å². The highest BCUT2D eigenvalue weighted by atomic mass is 16.3. The van der Waals surface area contributed by atoms with Gasteiger partial charge in [0.1, 0.15) is 12.4 Å². The molecule has 0 unspecified atom stereocenters. The first-order valence-corrected chi connectivity index (χ1v) is 8.68. The molecule has 0 saturated carbocycles. The summed E-state index contributed by atoms with van der Waals surface area (Å²) in [7, 11) is 0. The molecule has 2 aromatic carbocycles. The molecule has 4 nitrogen and oxygen atoms in total. The normalized spacial score (nSPS) is 16.8. The lowest BCUT2D eigenvalue weighted by molar-refractivity contribution is 0.263. The van der Waals surface area contributed by atoms with Gasteiger partial charge >= 0.3 is 0 Å². The molecule has 1 atom stereocenters. The summed E-state index contributed by atoms with van der Waals surface area (Å²) in [5.41, 5.74) is 5.63. The Balaban J connectivity index is 1.67. The first kappa shape index (κ1) is 15.4. The van der Waals surface area contributed by atoms with Crippen molar-refractivity contribution >= 4 is 11.0 Å². The van der Waals surface area contributed by atoms with Gasteiger partial charge in [0, 0.05) is 6.04 Å². The molecule has 0 spiro atoms. The molecule has 1 aliphatic rings. The van der Waals surface area contributed by atoms with Crippen LogP contribution in [0.4, 0.5) is 0 Å². The fraction of sp³-hybridized carbons (Fsp3) is 0.350. The van der Waals surface area contributed by atoms with Crippen molar-refractivity contribution in [1.82, 2.24) is 14.9 Å². The fourth-order valence-corrected chi connectivity index (χ4v) is 3.63. The number of nitrogens with zero attached hydrogens (tertiary/aromatic N) is 2. The van der Waals surface area contributed by atoms with Crippen LogP contribution in [0, 0.1) is 0 Å². The summed E-state index contributed by atoms with van der Waals surface area (Å²) in [6.07, 6.45) is 2.63. The Bertz CT molecular complexity index is 849. The molecule has 124 valence electrons. The molecule has 3 aromatic rings. The Labute approximate surface area is 142 Å². The van der Waals surface area contributed by atoms with Crippen molar-refractivity contribution in [3.63, 3.8) is 0 Å². The molecule has 24 heavy (non-hydrogen) atoms. The van der Waals surface area contributed by atoms with E-state index in [-0.39, 0.29) is 6.61 Å². The molecule has 0 radical (unpaired) electrons. The molecule has 0 aliphatic carbocycles. The van der Waals surface area contributed by atoms with Gasteiger partial charge in [-0.05, 0) is 67.7 Å². The number of rotatable bonds is 4. The van der Waals surface area contributed by atoms with Gasteiger partial charge in [-0.25, -0.2) is 4.98 Å². The third kappa shape index (κ3) is 2.83. The number of hydrogen-bond acceptors (Lipinski definition) is 3. The smallest absolute Gasteiger partial charge is 0.133 e. The summed E-state index contributed by atoms with van der Waals surface area (Å²) < 4.78 is 0. The lowest BCUT2D eigenvalue weighted by Gasteiger charge is -2.24. The second kappa shape index (κ2) is 6.38. The number of aliphatic hydroxyl groups is 1. The second-order valence-electron chi connectivity index (χ2n) is 6.62. The molecule has 2 N–H and O–H groups in total. The largest absolute Gasteiger partial charge is 0.388 e. The van der Waals surface area contributed by atoms with E-state index in [1.54, 1.807) is 0 Å². The Morgan fingerprint density at radius 3 is 2.71 bits per heavy atom. The molecule has 1 fully saturated rings. The first-order valence-electron chi connectivity index (χ1n) is 8.68. The molecule has 2 heterocycles. The molecule has 0 bridgehead atoms. The summed E-state index contributed by atoms with van der Waals surface area (Å²) in [6.45, 7) is 4.65. The van der Waals surface area contributed by atoms with E-state index in [1.807, 2.05) is 6.07 Å². The average molecular weight is 321 g/mol. The maximum Gasteiger partial charge on any atom is 0.133 e. The highest BCUT2D eigenvalue weighted by Crippen LogP contribution is 2.29. The van der Waals surface area contributed by atoms with Crippen LogP contribution in [0.1, 0.15) is 37.2 Å². The maximum absolute atomic E-state index is 9.23. The van der Waals surface area contributed by atoms with Crippen LogP contribution >= 0.6 is 0 Å². The van der Waals surface area contributed by atoms with Gasteiger partial charge in [-0.1, -0.05) is 24.3 Å². The van der Waals surface area contributed by atoms with Gasteiger partial charge in [-0.2, -0.15) is 0 Å². The van der Waals surface area contributed by atoms with Crippen LogP contribution in [-0.2, 0) is 6.61 Å². The van der Waals surface area contributed by atoms with Crippen molar-refractivity contribution in [3.05, 3.63) is 53.9 Å². The highest BCUT2D eigenvalue weighted by Gasteiger charge is 2.19. The zero-order valence-corrected chi connectivity index (χ0v) is 14.0. The number of aromatic nitrogens is 2. The number of hydrogen-bond donors (Lipinski definition) is 2. The molecule has 1 aromatic heterocycles. The van der Waals surface area contributed by atoms with Crippen LogP contribution in [0.5, 0.6) is 0 Å². The van der Waals surface area contributed by atoms with E-state index in [1.165, 1.54) is 42.6 Å². The van der Waals surface area contributed by atoms with Gasteiger partial charge < -0.3 is 10.1 Å². The topological polar surface area (TPSA) is 52.2 Å². The number of H-pyrrole nitrogens is 1. The predicted octanol–water partition coefficient (Wildman–Crippen LogP) is 3.88. The Hall–Kier alpha value is -2.17. The van der Waals surface area contributed by atoms with E-state index in [0.29, 0.717) is 11.9 Å². The number of aliphatic hydroxyl groups excluding tert-OH is 1. The number of aromatic amines is 1. The lowest BCUT2D eigenvalue weighted by Crippen LogP contribution is -2.23. The van der Waals surface area contributed by atoms with Gasteiger partial charge in [-0.3, -0.25) is 4.90 Å². The monoisotopic (exact) mass is 321 g/mol. The van der Waals surface area contributed by atoms with Crippen molar-refractivity contribution < 1.29 is 5.11 Å². The number of nitrogens with one attached hydrogen (secondary N) is 1. The molecular formula is C20H23N3O. The van der Waals surface area contributed by atoms with Crippen LogP contribution in [-0.4, -0.2) is 33.1 Å². The third-order valence-corrected chi connectivity index (χ3v) is 5.07. The zero-order valence-electron chi connectivity index (χ0n) is 14.0. The summed E-state index contributed by atoms with van der Waals surface area (Å²) in [4.78, 5) is 10.1. The standard InChI is InChI=1S/C20H23N3O/c1-14(23-9-2-3-10-23)15-5-4-6-16(11-15)17-7-8-18-19(12-17)22-20(13-24)21-18/h4-8,11-12,14,24H,2-3,9-10,13H2,1H3,(H,21,22)/t14-/m1/s1. The van der Waals surface area contributed by atoms with Crippen molar-refractivity contribution in [2.75, 3.05) is 13.1 Å². The van der Waals surface area contributed by atoms with Crippen molar-refractivity contribution in [2.45, 2.75) is 32.4 Å². The number of benzene rings is 2. The van der Waals surface area contributed by atoms with Gasteiger partial charge in [0.15, 0.2) is 0 Å². The lowest BCUT2D eigenvalue weighted by atomic mass is 9.99. The summed E-state index contributed by atoms with van der Waals surface area (Å²) in [5, 5.41) is 9.23. The summed E-state index contributed by atoms with van der Waals surface area (Å²) in [5.74, 6) is 0.610. The van der Waals surface area contributed by atoms with Gasteiger partial charge in [0.2, 0.25) is 0 Å². The fourth-order valence-electron chi connectivity index (χ4n) is 3.63. The van der Waals surface area contributed by atoms with E-state index in [9.17, 15) is 5.11 Å². The van der Waals surface area contributed by atoms with Crippen molar-refractivity contribution in [3.8, 4) is 11.1 Å². The zero-order chi connectivity index (χ0) is 16.5. The number of imidazole rings is 1. The van der Waals surface area contributed by atoms with Crippen LogP contribution < -0.4 is 0 Å². The van der Waals surface area contributed by atoms with E-state index in [0.717, 1.165) is 11.0 Å². The maximum atomic E-state index is 9.23. The Kier molecular flexibility index (Phi) is 4.08. The molecule has 0 amide bonds. The molecule has 1 aliphatic heterocycles. The van der Waals surface area contributed by atoms with Gasteiger partial charge in [-0.15, -0.1) is 0 Å². The Morgan fingerprint density at radius 2 is 1.92 bits per heavy atom. The Morgan fingerprint density at radius 1 is 1.12 bits per heavy atom. The van der Waals surface area contributed by atoms with Crippen molar-refractivity contribution in [2.24, 2.45) is 0 Å². The van der Waals surface area contributed by atoms with Crippen LogP contribution in [0.2, 0.25) is 0 Å². The molecule has 4 heteroatoms. The average Bonchev–Trinajstić information content (AvgIpc) is 3.29. The third-order valence-electron chi connectivity index (χ3n) is 5.07. The minimum atomic E-state index is -0.0627. The quantitative estimate of drug-likeness (QED) is 0.767. The van der Waals surface area contributed by atoms with Crippen molar-refractivity contribution in [1.29, 1.82) is 0 Å². The molecule has 4 rings (SSSR count). The summed E-state index contributed by atoms with van der Waals surface area (Å²) >= 11 is 0. The van der Waals surface area contributed by atoms with Crippen LogP contribution in [0.25, 0.3) is 22.2 Å². The minimum Gasteiger partial charge on any atom is -0.388 e. The summed E-state index contributed by atoms with van der Waals surface area (Å²) in [6, 6.07) is 15.5. The molecule has 1 saturated heterocycles. The van der Waals surface area contributed by atoms with E-state index < -0.39 is 0 Å². The minimum absolute atomic E-state index is 0.0627. The molecular weight excluding hydrogens is 298 g/mol. The number of likely N-dealkylation sites (tertiary alicyclic amines) is 1.